The average molecular weight is 446 g/mol. The number of nitrogens with two attached hydrogens (primary N) is 1. The molecular weight excluding hydrogens is 422 g/mol. The molecule has 0 spiro atoms. The maximum Gasteiger partial charge on any atom is 0.342 e. The molecule has 158 valence electrons. The number of hydrogen-bond acceptors (Lipinski definition) is 7. The molecule has 1 heterocycles. The van der Waals surface area contributed by atoms with Crippen LogP contribution in [0.25, 0.3) is 0 Å². The normalized spacial score (nSPS) is 14.5. The summed E-state index contributed by atoms with van der Waals surface area (Å²) in [5.41, 5.74) is 8.05. The summed E-state index contributed by atoms with van der Waals surface area (Å²) in [7, 11) is -1.71. The van der Waals surface area contributed by atoms with Gasteiger partial charge in [0.25, 0.3) is 0 Å². The number of rotatable bonds is 8. The molecule has 0 aliphatic rings. The first-order valence-electron chi connectivity index (χ1n) is 9.16. The van der Waals surface area contributed by atoms with Crippen molar-refractivity contribution in [3.63, 3.8) is 0 Å². The van der Waals surface area contributed by atoms with E-state index >= 15 is 0 Å². The molecule has 6 nitrogen and oxygen atoms in total. The summed E-state index contributed by atoms with van der Waals surface area (Å²) in [4.78, 5) is 10.6. The van der Waals surface area contributed by atoms with Gasteiger partial charge in [0.2, 0.25) is 14.7 Å². The molecule has 3 rings (SSSR count). The van der Waals surface area contributed by atoms with Crippen molar-refractivity contribution in [1.82, 2.24) is 0 Å². The molecule has 2 aromatic carbocycles. The van der Waals surface area contributed by atoms with E-state index in [0.717, 1.165) is 12.7 Å². The summed E-state index contributed by atoms with van der Waals surface area (Å²) in [5, 5.41) is 3.63. The van der Waals surface area contributed by atoms with E-state index in [0.29, 0.717) is 11.3 Å². The highest BCUT2D eigenvalue weighted by Crippen LogP contribution is 2.39. The highest BCUT2D eigenvalue weighted by Gasteiger charge is 2.55. The summed E-state index contributed by atoms with van der Waals surface area (Å²) < 4.78 is 37.5. The molecule has 0 bridgehead atoms. The van der Waals surface area contributed by atoms with E-state index in [-0.39, 0.29) is 11.3 Å². The third-order valence-corrected chi connectivity index (χ3v) is 8.00. The third-order valence-electron chi connectivity index (χ3n) is 5.06. The van der Waals surface area contributed by atoms with E-state index in [1.807, 2.05) is 41.1 Å². The molecule has 0 radical (unpaired) electrons. The van der Waals surface area contributed by atoms with Gasteiger partial charge in [-0.3, -0.25) is 0 Å². The molecule has 3 aromatic rings. The van der Waals surface area contributed by atoms with Gasteiger partial charge in [0, 0.05) is 5.92 Å². The van der Waals surface area contributed by atoms with Crippen molar-refractivity contribution in [2.45, 2.75) is 22.1 Å². The Morgan fingerprint density at radius 1 is 1.07 bits per heavy atom. The zero-order chi connectivity index (χ0) is 21.8. The van der Waals surface area contributed by atoms with Crippen molar-refractivity contribution in [3.8, 4) is 5.75 Å². The Balaban J connectivity index is 2.18. The largest absolute Gasteiger partial charge is 0.497 e. The van der Waals surface area contributed by atoms with Crippen LogP contribution in [-0.4, -0.2) is 33.5 Å². The number of carbonyl (C=O) groups excluding carboxylic acids is 1. The van der Waals surface area contributed by atoms with Crippen molar-refractivity contribution in [2.75, 3.05) is 14.2 Å². The van der Waals surface area contributed by atoms with Crippen LogP contribution in [0.5, 0.6) is 5.75 Å². The number of thiophene rings is 1. The summed E-state index contributed by atoms with van der Waals surface area (Å²) in [6.07, 6.45) is 0.249. The lowest BCUT2D eigenvalue weighted by atomic mass is 9.87. The fourth-order valence-corrected chi connectivity index (χ4v) is 5.88. The van der Waals surface area contributed by atoms with E-state index in [1.165, 1.54) is 42.7 Å². The Morgan fingerprint density at radius 2 is 1.73 bits per heavy atom. The van der Waals surface area contributed by atoms with Gasteiger partial charge < -0.3 is 15.2 Å². The minimum Gasteiger partial charge on any atom is -0.497 e. The lowest BCUT2D eigenvalue weighted by Crippen LogP contribution is -2.59. The van der Waals surface area contributed by atoms with Crippen LogP contribution >= 0.6 is 11.3 Å². The Bertz CT molecular complexity index is 1080. The van der Waals surface area contributed by atoms with Crippen LogP contribution in [0.1, 0.15) is 17.0 Å². The van der Waals surface area contributed by atoms with Gasteiger partial charge in [-0.15, -0.1) is 0 Å². The summed E-state index contributed by atoms with van der Waals surface area (Å²) in [6.45, 7) is 0. The van der Waals surface area contributed by atoms with Gasteiger partial charge in [-0.2, -0.15) is 11.3 Å². The number of benzene rings is 2. The number of sulfone groups is 1. The summed E-state index contributed by atoms with van der Waals surface area (Å²) >= 11 is 1.41. The second kappa shape index (κ2) is 8.99. The van der Waals surface area contributed by atoms with Crippen LogP contribution in [0.15, 0.2) is 76.3 Å². The molecule has 2 atom stereocenters. The minimum absolute atomic E-state index is 0.0792. The van der Waals surface area contributed by atoms with E-state index < -0.39 is 26.6 Å². The quantitative estimate of drug-likeness (QED) is 0.534. The smallest absolute Gasteiger partial charge is 0.342 e. The molecule has 0 aliphatic carbocycles. The van der Waals surface area contributed by atoms with Gasteiger partial charge >= 0.3 is 5.97 Å². The SMILES string of the molecule is COC(=O)C(N)(C(Cc1ccccc1)c1ccsc1)S(=O)(=O)c1ccc(OC)cc1. The summed E-state index contributed by atoms with van der Waals surface area (Å²) in [5.74, 6) is -1.37. The lowest BCUT2D eigenvalue weighted by Gasteiger charge is -2.34. The maximum atomic E-state index is 13.7. The lowest BCUT2D eigenvalue weighted by molar-refractivity contribution is -0.144. The van der Waals surface area contributed by atoms with Crippen LogP contribution in [0.3, 0.4) is 0 Å². The van der Waals surface area contributed by atoms with E-state index in [4.69, 9.17) is 15.2 Å². The molecule has 0 amide bonds. The fraction of sp³-hybridized carbons (Fsp3) is 0.227. The number of methoxy groups -OCH3 is 2. The molecular formula is C22H23NO5S2. The molecule has 0 saturated heterocycles. The molecule has 0 aliphatic heterocycles. The van der Waals surface area contributed by atoms with Crippen LogP contribution in [-0.2, 0) is 25.8 Å². The molecule has 1 aromatic heterocycles. The summed E-state index contributed by atoms with van der Waals surface area (Å²) in [6, 6.07) is 16.9. The zero-order valence-corrected chi connectivity index (χ0v) is 18.3. The number of hydrogen-bond donors (Lipinski definition) is 1. The van der Waals surface area contributed by atoms with Gasteiger partial charge in [0.15, 0.2) is 0 Å². The molecule has 0 fully saturated rings. The van der Waals surface area contributed by atoms with Crippen molar-refractivity contribution < 1.29 is 22.7 Å². The maximum absolute atomic E-state index is 13.7. The first-order valence-corrected chi connectivity index (χ1v) is 11.6. The fourth-order valence-electron chi connectivity index (χ4n) is 3.39. The van der Waals surface area contributed by atoms with Crippen molar-refractivity contribution in [3.05, 3.63) is 82.6 Å². The van der Waals surface area contributed by atoms with Gasteiger partial charge in [0.05, 0.1) is 19.1 Å². The van der Waals surface area contributed by atoms with Gasteiger partial charge in [0.1, 0.15) is 5.75 Å². The van der Waals surface area contributed by atoms with Crippen molar-refractivity contribution in [1.29, 1.82) is 0 Å². The Labute approximate surface area is 180 Å². The Morgan fingerprint density at radius 3 is 2.27 bits per heavy atom. The molecule has 0 saturated carbocycles. The second-order valence-corrected chi connectivity index (χ2v) is 9.70. The van der Waals surface area contributed by atoms with Gasteiger partial charge in [-0.05, 0) is 58.6 Å². The number of esters is 1. The highest BCUT2D eigenvalue weighted by molar-refractivity contribution is 7.93. The number of ether oxygens (including phenoxy) is 2. The van der Waals surface area contributed by atoms with Crippen LogP contribution in [0, 0.1) is 0 Å². The predicted octanol–water partition coefficient (Wildman–Crippen LogP) is 3.38. The average Bonchev–Trinajstić information content (AvgIpc) is 3.31. The molecule has 2 N–H and O–H groups in total. The van der Waals surface area contributed by atoms with Crippen LogP contribution in [0.4, 0.5) is 0 Å². The molecule has 8 heteroatoms. The van der Waals surface area contributed by atoms with Crippen molar-refractivity contribution in [2.24, 2.45) is 5.73 Å². The zero-order valence-electron chi connectivity index (χ0n) is 16.6. The van der Waals surface area contributed by atoms with Crippen molar-refractivity contribution >= 4 is 27.1 Å². The Kier molecular flexibility index (Phi) is 6.60. The van der Waals surface area contributed by atoms with Crippen LogP contribution in [0.2, 0.25) is 0 Å². The predicted molar refractivity (Wildman–Crippen MR) is 116 cm³/mol. The van der Waals surface area contributed by atoms with E-state index in [9.17, 15) is 13.2 Å². The standard InChI is InChI=1S/C22H23NO5S2/c1-27-18-8-10-19(11-9-18)30(25,26)22(23,21(24)28-2)20(17-12-13-29-15-17)14-16-6-4-3-5-7-16/h3-13,15,20H,14,23H2,1-2H3. The first kappa shape index (κ1) is 22.0. The highest BCUT2D eigenvalue weighted by atomic mass is 32.2. The van der Waals surface area contributed by atoms with E-state index in [2.05, 4.69) is 0 Å². The molecule has 30 heavy (non-hydrogen) atoms. The van der Waals surface area contributed by atoms with Gasteiger partial charge in [-0.1, -0.05) is 30.3 Å². The monoisotopic (exact) mass is 445 g/mol. The number of carbonyl (C=O) groups is 1. The Hall–Kier alpha value is -2.68. The second-order valence-electron chi connectivity index (χ2n) is 6.76. The minimum atomic E-state index is -4.33. The first-order chi connectivity index (χ1) is 14.3. The molecule has 2 unspecified atom stereocenters. The van der Waals surface area contributed by atoms with Gasteiger partial charge in [-0.25, -0.2) is 13.2 Å². The van der Waals surface area contributed by atoms with Crippen LogP contribution < -0.4 is 10.5 Å². The third kappa shape index (κ3) is 3.98. The van der Waals surface area contributed by atoms with E-state index in [1.54, 1.807) is 6.07 Å². The topological polar surface area (TPSA) is 95.7 Å².